The van der Waals surface area contributed by atoms with Crippen LogP contribution >= 0.6 is 11.3 Å². The van der Waals surface area contributed by atoms with Crippen molar-refractivity contribution in [2.75, 3.05) is 6.54 Å². The third kappa shape index (κ3) is 2.56. The lowest BCUT2D eigenvalue weighted by atomic mass is 10.3. The Hall–Kier alpha value is -2.15. The SMILES string of the molecule is O=C(NCCc1noc(C2CC2)n1)c1cc2sccc2[nH]1. The first-order valence-corrected chi connectivity index (χ1v) is 7.84. The molecule has 0 bridgehead atoms. The van der Waals surface area contributed by atoms with E-state index >= 15 is 0 Å². The molecule has 21 heavy (non-hydrogen) atoms. The maximum atomic E-state index is 12.0. The van der Waals surface area contributed by atoms with E-state index in [0.717, 1.165) is 28.9 Å². The van der Waals surface area contributed by atoms with Gasteiger partial charge in [-0.05, 0) is 30.4 Å². The van der Waals surface area contributed by atoms with E-state index in [-0.39, 0.29) is 5.91 Å². The standard InChI is InChI=1S/C14H14N4O2S/c19-13(10-7-11-9(16-10)4-6-21-11)15-5-3-12-17-14(20-18-12)8-1-2-8/h4,6-8,16H,1-3,5H2,(H,15,19). The van der Waals surface area contributed by atoms with Crippen LogP contribution in [0.25, 0.3) is 10.2 Å². The average molecular weight is 302 g/mol. The van der Waals surface area contributed by atoms with Gasteiger partial charge in [0.05, 0.1) is 10.2 Å². The summed E-state index contributed by atoms with van der Waals surface area (Å²) in [6.45, 7) is 0.495. The molecule has 1 fully saturated rings. The van der Waals surface area contributed by atoms with Gasteiger partial charge < -0.3 is 14.8 Å². The van der Waals surface area contributed by atoms with Gasteiger partial charge in [-0.3, -0.25) is 4.79 Å². The van der Waals surface area contributed by atoms with Crippen molar-refractivity contribution in [2.45, 2.75) is 25.2 Å². The molecule has 7 heteroatoms. The van der Waals surface area contributed by atoms with Crippen LogP contribution in [0, 0.1) is 0 Å². The zero-order valence-corrected chi connectivity index (χ0v) is 12.1. The summed E-state index contributed by atoms with van der Waals surface area (Å²) in [6, 6.07) is 3.84. The lowest BCUT2D eigenvalue weighted by Gasteiger charge is -2.00. The highest BCUT2D eigenvalue weighted by atomic mass is 32.1. The Kier molecular flexibility index (Phi) is 2.99. The summed E-state index contributed by atoms with van der Waals surface area (Å²) in [5.74, 6) is 1.75. The molecule has 1 aliphatic rings. The highest BCUT2D eigenvalue weighted by Gasteiger charge is 2.29. The molecule has 0 atom stereocenters. The maximum absolute atomic E-state index is 12.0. The Balaban J connectivity index is 1.33. The van der Waals surface area contributed by atoms with Crippen LogP contribution in [0.3, 0.4) is 0 Å². The smallest absolute Gasteiger partial charge is 0.267 e. The number of hydrogen-bond donors (Lipinski definition) is 2. The number of H-pyrrole nitrogens is 1. The summed E-state index contributed by atoms with van der Waals surface area (Å²) in [7, 11) is 0. The average Bonchev–Trinajstić information content (AvgIpc) is 2.88. The third-order valence-electron chi connectivity index (χ3n) is 3.53. The summed E-state index contributed by atoms with van der Waals surface area (Å²) < 4.78 is 6.27. The maximum Gasteiger partial charge on any atom is 0.267 e. The molecule has 1 aliphatic carbocycles. The van der Waals surface area contributed by atoms with Crippen molar-refractivity contribution in [3.63, 3.8) is 0 Å². The summed E-state index contributed by atoms with van der Waals surface area (Å²) in [5, 5.41) is 8.79. The molecule has 6 nitrogen and oxygen atoms in total. The number of aromatic amines is 1. The van der Waals surface area contributed by atoms with Crippen LogP contribution in [0.1, 0.15) is 41.0 Å². The Morgan fingerprint density at radius 1 is 1.52 bits per heavy atom. The zero-order chi connectivity index (χ0) is 14.2. The number of thiophene rings is 1. The molecular weight excluding hydrogens is 288 g/mol. The van der Waals surface area contributed by atoms with Crippen LogP contribution in [-0.4, -0.2) is 27.6 Å². The minimum absolute atomic E-state index is 0.107. The van der Waals surface area contributed by atoms with Gasteiger partial charge in [-0.1, -0.05) is 5.16 Å². The number of carbonyl (C=O) groups excluding carboxylic acids is 1. The lowest BCUT2D eigenvalue weighted by molar-refractivity contribution is 0.0950. The molecule has 108 valence electrons. The van der Waals surface area contributed by atoms with Gasteiger partial charge in [0, 0.05) is 18.9 Å². The van der Waals surface area contributed by atoms with Crippen LogP contribution in [0.5, 0.6) is 0 Å². The number of fused-ring (bicyclic) bond motifs is 1. The van der Waals surface area contributed by atoms with Gasteiger partial charge in [0.25, 0.3) is 5.91 Å². The van der Waals surface area contributed by atoms with Crippen LogP contribution in [0.4, 0.5) is 0 Å². The molecule has 0 radical (unpaired) electrons. The van der Waals surface area contributed by atoms with Crippen molar-refractivity contribution >= 4 is 27.5 Å². The first-order chi connectivity index (χ1) is 10.3. The quantitative estimate of drug-likeness (QED) is 0.758. The van der Waals surface area contributed by atoms with Gasteiger partial charge in [-0.25, -0.2) is 0 Å². The number of rotatable bonds is 5. The monoisotopic (exact) mass is 302 g/mol. The summed E-state index contributed by atoms with van der Waals surface area (Å²) in [5.41, 5.74) is 1.58. The Bertz CT molecular complexity index is 755. The lowest BCUT2D eigenvalue weighted by Crippen LogP contribution is -2.26. The van der Waals surface area contributed by atoms with E-state index in [1.165, 1.54) is 0 Å². The molecule has 1 amide bonds. The van der Waals surface area contributed by atoms with Gasteiger partial charge >= 0.3 is 0 Å². The van der Waals surface area contributed by atoms with Crippen molar-refractivity contribution < 1.29 is 9.32 Å². The first kappa shape index (κ1) is 12.6. The largest absolute Gasteiger partial charge is 0.350 e. The summed E-state index contributed by atoms with van der Waals surface area (Å²) >= 11 is 1.61. The van der Waals surface area contributed by atoms with E-state index in [1.54, 1.807) is 11.3 Å². The fraction of sp³-hybridized carbons (Fsp3) is 0.357. The van der Waals surface area contributed by atoms with Gasteiger partial charge in [-0.2, -0.15) is 4.98 Å². The molecule has 0 spiro atoms. The topological polar surface area (TPSA) is 83.8 Å². The van der Waals surface area contributed by atoms with Crippen LogP contribution in [-0.2, 0) is 6.42 Å². The minimum atomic E-state index is -0.107. The number of hydrogen-bond acceptors (Lipinski definition) is 5. The van der Waals surface area contributed by atoms with E-state index in [4.69, 9.17) is 4.52 Å². The number of carbonyl (C=O) groups is 1. The first-order valence-electron chi connectivity index (χ1n) is 6.96. The molecule has 3 heterocycles. The normalized spacial score (nSPS) is 14.7. The van der Waals surface area contributed by atoms with E-state index in [0.29, 0.717) is 30.4 Å². The molecule has 0 aliphatic heterocycles. The predicted molar refractivity (Wildman–Crippen MR) is 78.5 cm³/mol. The molecular formula is C14H14N4O2S. The third-order valence-corrected chi connectivity index (χ3v) is 4.39. The van der Waals surface area contributed by atoms with Crippen molar-refractivity contribution in [1.82, 2.24) is 20.4 Å². The molecule has 0 unspecified atom stereocenters. The fourth-order valence-corrected chi connectivity index (χ4v) is 3.00. The zero-order valence-electron chi connectivity index (χ0n) is 11.3. The fourth-order valence-electron chi connectivity index (χ4n) is 2.22. The second-order valence-corrected chi connectivity index (χ2v) is 6.16. The van der Waals surface area contributed by atoms with Crippen molar-refractivity contribution in [3.8, 4) is 0 Å². The number of nitrogens with one attached hydrogen (secondary N) is 2. The molecule has 4 rings (SSSR count). The molecule has 2 N–H and O–H groups in total. The molecule has 0 aromatic carbocycles. The molecule has 3 aromatic rings. The molecule has 0 saturated heterocycles. The number of nitrogens with zero attached hydrogens (tertiary/aromatic N) is 2. The van der Waals surface area contributed by atoms with Crippen molar-refractivity contribution in [3.05, 3.63) is 34.9 Å². The predicted octanol–water partition coefficient (Wildman–Crippen LogP) is 2.46. The van der Waals surface area contributed by atoms with E-state index in [2.05, 4.69) is 20.4 Å². The second kappa shape index (κ2) is 5.00. The Morgan fingerprint density at radius 3 is 3.24 bits per heavy atom. The Labute approximate surface area is 124 Å². The van der Waals surface area contributed by atoms with Crippen molar-refractivity contribution in [1.29, 1.82) is 0 Å². The highest BCUT2D eigenvalue weighted by molar-refractivity contribution is 7.17. The van der Waals surface area contributed by atoms with E-state index in [1.807, 2.05) is 17.5 Å². The van der Waals surface area contributed by atoms with Crippen LogP contribution < -0.4 is 5.32 Å². The van der Waals surface area contributed by atoms with Crippen molar-refractivity contribution in [2.24, 2.45) is 0 Å². The molecule has 3 aromatic heterocycles. The van der Waals surface area contributed by atoms with E-state index in [9.17, 15) is 4.79 Å². The van der Waals surface area contributed by atoms with E-state index < -0.39 is 0 Å². The second-order valence-electron chi connectivity index (χ2n) is 5.21. The van der Waals surface area contributed by atoms with Gasteiger partial charge in [0.15, 0.2) is 5.82 Å². The summed E-state index contributed by atoms with van der Waals surface area (Å²) in [6.07, 6.45) is 2.86. The number of amides is 1. The van der Waals surface area contributed by atoms with Crippen LogP contribution in [0.2, 0.25) is 0 Å². The van der Waals surface area contributed by atoms with Gasteiger partial charge in [-0.15, -0.1) is 11.3 Å². The Morgan fingerprint density at radius 2 is 2.43 bits per heavy atom. The summed E-state index contributed by atoms with van der Waals surface area (Å²) in [4.78, 5) is 19.5. The highest BCUT2D eigenvalue weighted by Crippen LogP contribution is 2.38. The number of aromatic nitrogens is 3. The molecule has 1 saturated carbocycles. The van der Waals surface area contributed by atoms with Gasteiger partial charge in [0.1, 0.15) is 5.69 Å². The van der Waals surface area contributed by atoms with Crippen LogP contribution in [0.15, 0.2) is 22.0 Å². The minimum Gasteiger partial charge on any atom is -0.350 e. The van der Waals surface area contributed by atoms with Gasteiger partial charge in [0.2, 0.25) is 5.89 Å².